The van der Waals surface area contributed by atoms with Crippen LogP contribution in [0, 0.1) is 0 Å². The van der Waals surface area contributed by atoms with Crippen molar-refractivity contribution in [2.75, 3.05) is 17.9 Å². The summed E-state index contributed by atoms with van der Waals surface area (Å²) in [5.41, 5.74) is 0.704. The highest BCUT2D eigenvalue weighted by atomic mass is 32.2. The number of ether oxygens (including phenoxy) is 2. The number of carbonyl (C=O) groups excluding carboxylic acids is 1. The Morgan fingerprint density at radius 1 is 1.35 bits per heavy atom. The predicted molar refractivity (Wildman–Crippen MR) is 98.7 cm³/mol. The van der Waals surface area contributed by atoms with Crippen LogP contribution in [0.1, 0.15) is 31.0 Å². The van der Waals surface area contributed by atoms with E-state index in [0.717, 1.165) is 11.0 Å². The third kappa shape index (κ3) is 3.70. The van der Waals surface area contributed by atoms with Gasteiger partial charge in [0.1, 0.15) is 5.82 Å². The smallest absolute Gasteiger partial charge is 0.231 e. The van der Waals surface area contributed by atoms with Gasteiger partial charge in [0.25, 0.3) is 0 Å². The van der Waals surface area contributed by atoms with Crippen LogP contribution in [0.2, 0.25) is 0 Å². The topological polar surface area (TPSA) is 78.3 Å². The van der Waals surface area contributed by atoms with Gasteiger partial charge in [-0.25, -0.2) is 0 Å². The number of hydrogen-bond acceptors (Lipinski definition) is 6. The van der Waals surface area contributed by atoms with Crippen molar-refractivity contribution in [3.05, 3.63) is 36.7 Å². The molecule has 1 aliphatic heterocycles. The largest absolute Gasteiger partial charge is 0.454 e. The van der Waals surface area contributed by atoms with Gasteiger partial charge in [-0.2, -0.15) is 0 Å². The SMILES string of the molecule is C=CCn1c(SCCC(=O)Nc2ccc3c(c2)OCO3)nnc1C1CC1. The Labute approximate surface area is 155 Å². The fourth-order valence-electron chi connectivity index (χ4n) is 2.78. The first-order chi connectivity index (χ1) is 12.7. The first-order valence-electron chi connectivity index (χ1n) is 8.61. The summed E-state index contributed by atoms with van der Waals surface area (Å²) in [5.74, 6) is 3.52. The van der Waals surface area contributed by atoms with Crippen molar-refractivity contribution in [2.45, 2.75) is 36.9 Å². The molecule has 4 rings (SSSR count). The number of benzene rings is 1. The van der Waals surface area contributed by atoms with E-state index in [9.17, 15) is 4.79 Å². The van der Waals surface area contributed by atoms with Crippen LogP contribution in [0.5, 0.6) is 11.5 Å². The van der Waals surface area contributed by atoms with Gasteiger partial charge < -0.3 is 19.4 Å². The Kier molecular flexibility index (Phi) is 4.83. The lowest BCUT2D eigenvalue weighted by Gasteiger charge is -2.08. The molecule has 0 saturated heterocycles. The summed E-state index contributed by atoms with van der Waals surface area (Å²) >= 11 is 1.55. The molecule has 1 aliphatic carbocycles. The third-order valence-corrected chi connectivity index (χ3v) is 5.18. The molecule has 2 aliphatic rings. The maximum absolute atomic E-state index is 12.2. The van der Waals surface area contributed by atoms with E-state index in [1.807, 2.05) is 6.08 Å². The van der Waals surface area contributed by atoms with Gasteiger partial charge in [0, 0.05) is 36.4 Å². The Bertz CT molecular complexity index is 832. The van der Waals surface area contributed by atoms with E-state index >= 15 is 0 Å². The van der Waals surface area contributed by atoms with Crippen molar-refractivity contribution in [1.29, 1.82) is 0 Å². The number of rotatable bonds is 8. The maximum atomic E-state index is 12.2. The number of amides is 1. The average Bonchev–Trinajstić information content (AvgIpc) is 3.23. The fraction of sp³-hybridized carbons (Fsp3) is 0.389. The zero-order valence-corrected chi connectivity index (χ0v) is 15.1. The second-order valence-electron chi connectivity index (χ2n) is 6.23. The van der Waals surface area contributed by atoms with Crippen molar-refractivity contribution in [3.63, 3.8) is 0 Å². The first-order valence-corrected chi connectivity index (χ1v) is 9.59. The van der Waals surface area contributed by atoms with E-state index in [2.05, 4.69) is 26.7 Å². The van der Waals surface area contributed by atoms with Crippen LogP contribution in [0.15, 0.2) is 36.0 Å². The van der Waals surface area contributed by atoms with E-state index in [1.54, 1.807) is 30.0 Å². The number of aromatic nitrogens is 3. The van der Waals surface area contributed by atoms with Crippen molar-refractivity contribution >= 4 is 23.4 Å². The Morgan fingerprint density at radius 3 is 3.00 bits per heavy atom. The summed E-state index contributed by atoms with van der Waals surface area (Å²) in [6.45, 7) is 4.73. The lowest BCUT2D eigenvalue weighted by atomic mass is 10.2. The molecule has 0 unspecified atom stereocenters. The Morgan fingerprint density at radius 2 is 2.19 bits per heavy atom. The predicted octanol–water partition coefficient (Wildman–Crippen LogP) is 3.19. The lowest BCUT2D eigenvalue weighted by molar-refractivity contribution is -0.115. The minimum Gasteiger partial charge on any atom is -0.454 e. The average molecular weight is 372 g/mol. The number of hydrogen-bond donors (Lipinski definition) is 1. The van der Waals surface area contributed by atoms with Crippen LogP contribution >= 0.6 is 11.8 Å². The summed E-state index contributed by atoms with van der Waals surface area (Å²) in [7, 11) is 0. The van der Waals surface area contributed by atoms with Gasteiger partial charge in [0.05, 0.1) is 0 Å². The first kappa shape index (κ1) is 17.0. The molecule has 0 bridgehead atoms. The van der Waals surface area contributed by atoms with Crippen LogP contribution in [0.4, 0.5) is 5.69 Å². The highest BCUT2D eigenvalue weighted by Gasteiger charge is 2.30. The van der Waals surface area contributed by atoms with Gasteiger partial charge in [-0.05, 0) is 25.0 Å². The summed E-state index contributed by atoms with van der Waals surface area (Å²) in [5, 5.41) is 12.3. The highest BCUT2D eigenvalue weighted by molar-refractivity contribution is 7.99. The maximum Gasteiger partial charge on any atom is 0.231 e. The Balaban J connectivity index is 1.30. The van der Waals surface area contributed by atoms with Crippen LogP contribution in [0.25, 0.3) is 0 Å². The molecular weight excluding hydrogens is 352 g/mol. The van der Waals surface area contributed by atoms with Crippen LogP contribution in [-0.2, 0) is 11.3 Å². The number of nitrogens with one attached hydrogen (secondary N) is 1. The fourth-order valence-corrected chi connectivity index (χ4v) is 3.68. The van der Waals surface area contributed by atoms with Gasteiger partial charge in [0.15, 0.2) is 16.7 Å². The number of carbonyl (C=O) groups is 1. The summed E-state index contributed by atoms with van der Waals surface area (Å²) < 4.78 is 12.7. The van der Waals surface area contributed by atoms with Crippen molar-refractivity contribution in [3.8, 4) is 11.5 Å². The molecule has 0 atom stereocenters. The number of fused-ring (bicyclic) bond motifs is 1. The summed E-state index contributed by atoms with van der Waals surface area (Å²) in [6, 6.07) is 5.38. The van der Waals surface area contributed by atoms with Gasteiger partial charge in [0.2, 0.25) is 12.7 Å². The molecule has 1 fully saturated rings. The number of allylic oxidation sites excluding steroid dienone is 1. The second kappa shape index (κ2) is 7.41. The zero-order chi connectivity index (χ0) is 17.9. The monoisotopic (exact) mass is 372 g/mol. The van der Waals surface area contributed by atoms with E-state index in [4.69, 9.17) is 9.47 Å². The van der Waals surface area contributed by atoms with Gasteiger partial charge in [-0.1, -0.05) is 17.8 Å². The molecule has 1 aromatic heterocycles. The standard InChI is InChI=1S/C18H20N4O3S/c1-2-8-22-17(12-3-4-12)20-21-18(22)26-9-7-16(23)19-13-5-6-14-15(10-13)25-11-24-14/h2,5-6,10,12H,1,3-4,7-9,11H2,(H,19,23). The molecule has 8 heteroatoms. The molecule has 136 valence electrons. The Hall–Kier alpha value is -2.48. The minimum absolute atomic E-state index is 0.0476. The van der Waals surface area contributed by atoms with E-state index in [-0.39, 0.29) is 12.7 Å². The number of anilines is 1. The summed E-state index contributed by atoms with van der Waals surface area (Å²) in [4.78, 5) is 12.2. The van der Waals surface area contributed by atoms with E-state index < -0.39 is 0 Å². The highest BCUT2D eigenvalue weighted by Crippen LogP contribution is 2.40. The van der Waals surface area contributed by atoms with Gasteiger partial charge >= 0.3 is 0 Å². The molecule has 1 amide bonds. The van der Waals surface area contributed by atoms with Crippen LogP contribution < -0.4 is 14.8 Å². The summed E-state index contributed by atoms with van der Waals surface area (Å²) in [6.07, 6.45) is 4.60. The van der Waals surface area contributed by atoms with Crippen molar-refractivity contribution in [2.24, 2.45) is 0 Å². The van der Waals surface area contributed by atoms with E-state index in [1.165, 1.54) is 12.8 Å². The molecule has 1 N–H and O–H groups in total. The van der Waals surface area contributed by atoms with Crippen LogP contribution in [-0.4, -0.2) is 33.2 Å². The van der Waals surface area contributed by atoms with Crippen molar-refractivity contribution in [1.82, 2.24) is 14.8 Å². The van der Waals surface area contributed by atoms with Crippen molar-refractivity contribution < 1.29 is 14.3 Å². The molecule has 1 aromatic carbocycles. The molecular formula is C18H20N4O3S. The number of thioether (sulfide) groups is 1. The van der Waals surface area contributed by atoms with Gasteiger partial charge in [-0.3, -0.25) is 4.79 Å². The minimum atomic E-state index is -0.0476. The normalized spacial score (nSPS) is 15.1. The van der Waals surface area contributed by atoms with Gasteiger partial charge in [-0.15, -0.1) is 16.8 Å². The molecule has 0 radical (unpaired) electrons. The quantitative estimate of drug-likeness (QED) is 0.566. The molecule has 0 spiro atoms. The third-order valence-electron chi connectivity index (χ3n) is 4.22. The second-order valence-corrected chi connectivity index (χ2v) is 7.29. The van der Waals surface area contributed by atoms with E-state index in [0.29, 0.717) is 41.8 Å². The van der Waals surface area contributed by atoms with Crippen LogP contribution in [0.3, 0.4) is 0 Å². The molecule has 2 aromatic rings. The molecule has 2 heterocycles. The molecule has 7 nitrogen and oxygen atoms in total. The number of nitrogens with zero attached hydrogens (tertiary/aromatic N) is 3. The lowest BCUT2D eigenvalue weighted by Crippen LogP contribution is -2.12. The molecule has 1 saturated carbocycles. The molecule has 26 heavy (non-hydrogen) atoms. The zero-order valence-electron chi connectivity index (χ0n) is 14.3.